The average Bonchev–Trinajstić information content (AvgIpc) is 3.14. The molecule has 2 amide bonds. The van der Waals surface area contributed by atoms with Crippen LogP contribution in [-0.4, -0.2) is 64.5 Å². The van der Waals surface area contributed by atoms with Gasteiger partial charge in [-0.15, -0.1) is 0 Å². The van der Waals surface area contributed by atoms with Crippen LogP contribution in [0.2, 0.25) is 0 Å². The molecule has 1 aromatic carbocycles. The van der Waals surface area contributed by atoms with E-state index in [0.717, 1.165) is 41.2 Å². The second-order valence-electron chi connectivity index (χ2n) is 8.55. The van der Waals surface area contributed by atoms with Crippen LogP contribution in [-0.2, 0) is 11.3 Å². The lowest BCUT2D eigenvalue weighted by molar-refractivity contribution is -0.119. The Morgan fingerprint density at radius 1 is 1.21 bits per heavy atom. The van der Waals surface area contributed by atoms with Crippen LogP contribution in [0, 0.1) is 12.9 Å². The van der Waals surface area contributed by atoms with Crippen molar-refractivity contribution in [2.45, 2.75) is 26.4 Å². The van der Waals surface area contributed by atoms with Crippen molar-refractivity contribution in [2.75, 3.05) is 43.4 Å². The van der Waals surface area contributed by atoms with Gasteiger partial charge in [0.25, 0.3) is 5.91 Å². The largest absolute Gasteiger partial charge is 0.365 e. The van der Waals surface area contributed by atoms with Crippen LogP contribution in [0.25, 0.3) is 11.0 Å². The topological polar surface area (TPSA) is 95.4 Å². The number of pyridine rings is 1. The molecule has 1 fully saturated rings. The summed E-state index contributed by atoms with van der Waals surface area (Å²) in [5.41, 5.74) is 4.20. The van der Waals surface area contributed by atoms with Crippen molar-refractivity contribution in [1.82, 2.24) is 24.8 Å². The summed E-state index contributed by atoms with van der Waals surface area (Å²) in [7, 11) is 1.49. The molecule has 2 aliphatic rings. The van der Waals surface area contributed by atoms with E-state index < -0.39 is 11.9 Å². The van der Waals surface area contributed by atoms with E-state index in [4.69, 9.17) is 0 Å². The highest BCUT2D eigenvalue weighted by Crippen LogP contribution is 2.34. The number of halogens is 1. The van der Waals surface area contributed by atoms with Gasteiger partial charge in [0.2, 0.25) is 11.9 Å². The number of amides is 2. The van der Waals surface area contributed by atoms with E-state index in [1.807, 2.05) is 29.4 Å². The Labute approximate surface area is 190 Å². The third-order valence-corrected chi connectivity index (χ3v) is 6.45. The third-order valence-electron chi connectivity index (χ3n) is 6.45. The number of hydrogen-bond donors (Lipinski definition) is 2. The molecule has 0 saturated carbocycles. The number of benzene rings is 1. The highest BCUT2D eigenvalue weighted by molar-refractivity contribution is 6.05. The lowest BCUT2D eigenvalue weighted by Gasteiger charge is -2.36. The number of carbonyl (C=O) groups excluding carboxylic acids is 2. The van der Waals surface area contributed by atoms with Crippen LogP contribution < -0.4 is 15.5 Å². The molecule has 10 heteroatoms. The smallest absolute Gasteiger partial charge is 0.269 e. The molecule has 9 nitrogen and oxygen atoms in total. The van der Waals surface area contributed by atoms with Crippen molar-refractivity contribution >= 4 is 34.2 Å². The number of anilines is 2. The zero-order chi connectivity index (χ0) is 23.3. The molecule has 0 unspecified atom stereocenters. The molecular weight excluding hydrogens is 425 g/mol. The summed E-state index contributed by atoms with van der Waals surface area (Å²) >= 11 is 0. The number of imidazole rings is 1. The second kappa shape index (κ2) is 8.11. The highest BCUT2D eigenvalue weighted by Gasteiger charge is 2.28. The molecule has 172 valence electrons. The molecule has 0 aliphatic carbocycles. The number of nitrogens with zero attached hydrogens (tertiary/aromatic N) is 5. The number of hydrogen-bond acceptors (Lipinski definition) is 6. The quantitative estimate of drug-likeness (QED) is 0.590. The van der Waals surface area contributed by atoms with Crippen LogP contribution in [0.3, 0.4) is 0 Å². The maximum Gasteiger partial charge on any atom is 0.269 e. The van der Waals surface area contributed by atoms with E-state index >= 15 is 0 Å². The lowest BCUT2D eigenvalue weighted by Crippen LogP contribution is -2.46. The van der Waals surface area contributed by atoms with Gasteiger partial charge < -0.3 is 20.1 Å². The first-order valence-corrected chi connectivity index (χ1v) is 11.0. The number of carbonyl (C=O) groups is 2. The van der Waals surface area contributed by atoms with Gasteiger partial charge in [-0.05, 0) is 43.7 Å². The monoisotopic (exact) mass is 451 g/mol. The fourth-order valence-electron chi connectivity index (χ4n) is 4.74. The van der Waals surface area contributed by atoms with Gasteiger partial charge in [-0.2, -0.15) is 4.39 Å². The van der Waals surface area contributed by atoms with Crippen molar-refractivity contribution < 1.29 is 14.0 Å². The zero-order valence-corrected chi connectivity index (χ0v) is 18.9. The van der Waals surface area contributed by atoms with Crippen LogP contribution in [0.5, 0.6) is 0 Å². The van der Waals surface area contributed by atoms with E-state index in [2.05, 4.69) is 31.6 Å². The summed E-state index contributed by atoms with van der Waals surface area (Å²) in [5, 5.41) is 5.46. The molecule has 1 saturated heterocycles. The summed E-state index contributed by atoms with van der Waals surface area (Å²) in [4.78, 5) is 36.8. The van der Waals surface area contributed by atoms with Gasteiger partial charge >= 0.3 is 0 Å². The first kappa shape index (κ1) is 21.3. The highest BCUT2D eigenvalue weighted by atomic mass is 19.1. The molecule has 0 spiro atoms. The Morgan fingerprint density at radius 3 is 2.67 bits per heavy atom. The predicted molar refractivity (Wildman–Crippen MR) is 123 cm³/mol. The van der Waals surface area contributed by atoms with Gasteiger partial charge in [0, 0.05) is 39.8 Å². The first-order valence-electron chi connectivity index (χ1n) is 11.0. The van der Waals surface area contributed by atoms with Crippen molar-refractivity contribution in [1.29, 1.82) is 0 Å². The second-order valence-corrected chi connectivity index (χ2v) is 8.55. The molecule has 0 bridgehead atoms. The number of nitrogens with one attached hydrogen (secondary N) is 2. The van der Waals surface area contributed by atoms with Gasteiger partial charge in [-0.1, -0.05) is 0 Å². The lowest BCUT2D eigenvalue weighted by atomic mass is 10.1. The number of piperazine rings is 1. The van der Waals surface area contributed by atoms with Crippen molar-refractivity contribution in [3.63, 3.8) is 0 Å². The predicted octanol–water partition coefficient (Wildman–Crippen LogP) is 2.07. The van der Waals surface area contributed by atoms with Crippen LogP contribution in [0.15, 0.2) is 24.3 Å². The molecule has 0 radical (unpaired) electrons. The average molecular weight is 452 g/mol. The molecular formula is C23H26FN7O2. The number of aryl methyl sites for hydroxylation is 1. The standard InChI is InChI=1S/C23H26FN7O2/c1-13-22(32)28-18-11-15(10-17-20(18)31(13)14(2)26-17)12-29-6-8-30(9-7-29)19-5-4-16(23(33)25-3)27-21(19)24/h4-5,10-11,13H,6-9,12H2,1-3H3,(H,25,33)(H,28,32)/t13-/m1/s1. The summed E-state index contributed by atoms with van der Waals surface area (Å²) in [6.45, 7) is 7.31. The van der Waals surface area contributed by atoms with E-state index in [1.165, 1.54) is 7.05 Å². The Kier molecular flexibility index (Phi) is 5.24. The Bertz CT molecular complexity index is 1260. The first-order chi connectivity index (χ1) is 15.9. The van der Waals surface area contributed by atoms with Crippen molar-refractivity contribution in [3.8, 4) is 0 Å². The molecule has 33 heavy (non-hydrogen) atoms. The van der Waals surface area contributed by atoms with Gasteiger partial charge in [0.1, 0.15) is 17.6 Å². The molecule has 5 rings (SSSR count). The van der Waals surface area contributed by atoms with Crippen molar-refractivity contribution in [3.05, 3.63) is 47.3 Å². The maximum absolute atomic E-state index is 14.5. The minimum absolute atomic E-state index is 0.0336. The molecule has 1 atom stereocenters. The Hall–Kier alpha value is -3.53. The van der Waals surface area contributed by atoms with E-state index in [1.54, 1.807) is 12.1 Å². The Morgan fingerprint density at radius 2 is 1.97 bits per heavy atom. The SMILES string of the molecule is CNC(=O)c1ccc(N2CCN(Cc3cc4c5c(c3)nc(C)n5[C@H](C)C(=O)N4)CC2)c(F)n1. The molecule has 2 aromatic heterocycles. The summed E-state index contributed by atoms with van der Waals surface area (Å²) in [6.07, 6.45) is 0. The summed E-state index contributed by atoms with van der Waals surface area (Å²) in [6, 6.07) is 6.99. The van der Waals surface area contributed by atoms with Gasteiger partial charge in [0.05, 0.1) is 22.4 Å². The normalized spacial score (nSPS) is 18.5. The van der Waals surface area contributed by atoms with E-state index in [0.29, 0.717) is 25.3 Å². The number of aromatic nitrogens is 3. The summed E-state index contributed by atoms with van der Waals surface area (Å²) < 4.78 is 16.5. The maximum atomic E-state index is 14.5. The Balaban J connectivity index is 1.29. The summed E-state index contributed by atoms with van der Waals surface area (Å²) in [5.74, 6) is -0.247. The molecule has 2 N–H and O–H groups in total. The van der Waals surface area contributed by atoms with Gasteiger partial charge in [0.15, 0.2) is 0 Å². The fraction of sp³-hybridized carbons (Fsp3) is 0.391. The minimum Gasteiger partial charge on any atom is -0.365 e. The third kappa shape index (κ3) is 3.70. The van der Waals surface area contributed by atoms with Crippen molar-refractivity contribution in [2.24, 2.45) is 0 Å². The van der Waals surface area contributed by atoms with Crippen LogP contribution in [0.4, 0.5) is 15.8 Å². The fourth-order valence-corrected chi connectivity index (χ4v) is 4.74. The molecule has 3 aromatic rings. The number of rotatable bonds is 4. The van der Waals surface area contributed by atoms with Crippen LogP contribution >= 0.6 is 0 Å². The molecule has 2 aliphatic heterocycles. The van der Waals surface area contributed by atoms with E-state index in [9.17, 15) is 14.0 Å². The minimum atomic E-state index is -0.634. The van der Waals surface area contributed by atoms with Gasteiger partial charge in [-0.3, -0.25) is 14.5 Å². The molecule has 4 heterocycles. The van der Waals surface area contributed by atoms with Gasteiger partial charge in [-0.25, -0.2) is 9.97 Å². The van der Waals surface area contributed by atoms with E-state index in [-0.39, 0.29) is 17.6 Å². The van der Waals surface area contributed by atoms with Crippen LogP contribution in [0.1, 0.15) is 34.8 Å². The zero-order valence-electron chi connectivity index (χ0n) is 18.9.